The van der Waals surface area contributed by atoms with Crippen LogP contribution in [0, 0.1) is 5.92 Å². The smallest absolute Gasteiger partial charge is 0.301 e. The van der Waals surface area contributed by atoms with E-state index in [0.717, 1.165) is 0 Å². The molecule has 0 spiro atoms. The lowest BCUT2D eigenvalue weighted by Gasteiger charge is -2.31. The average Bonchev–Trinajstić information content (AvgIpc) is 2.97. The van der Waals surface area contributed by atoms with Crippen molar-refractivity contribution in [2.75, 3.05) is 7.11 Å². The van der Waals surface area contributed by atoms with Gasteiger partial charge in [-0.15, -0.1) is 0 Å². The first-order valence-corrected chi connectivity index (χ1v) is 14.5. The van der Waals surface area contributed by atoms with Gasteiger partial charge >= 0.3 is 6.43 Å². The third-order valence-corrected chi connectivity index (χ3v) is 7.64. The zero-order valence-electron chi connectivity index (χ0n) is 23.9. The molecule has 0 radical (unpaired) electrons. The maximum absolute atomic E-state index is 15.6. The second-order valence-corrected chi connectivity index (χ2v) is 11.4. The van der Waals surface area contributed by atoms with E-state index in [2.05, 4.69) is 5.32 Å². The van der Waals surface area contributed by atoms with Crippen LogP contribution in [0.3, 0.4) is 0 Å². The number of carbonyl (C=O) groups excluding carboxylic acids is 3. The Labute approximate surface area is 268 Å². The molecule has 3 atom stereocenters. The van der Waals surface area contributed by atoms with Crippen LogP contribution in [0.4, 0.5) is 13.2 Å². The normalized spacial score (nSPS) is 14.0. The molecule has 0 aliphatic carbocycles. The molecule has 0 heterocycles. The predicted octanol–water partition coefficient (Wildman–Crippen LogP) is 7.17. The monoisotopic (exact) mass is 672 g/mol. The maximum Gasteiger partial charge on any atom is 0.301 e. The summed E-state index contributed by atoms with van der Waals surface area (Å²) in [6, 6.07) is 16.1. The lowest BCUT2D eigenvalue weighted by atomic mass is 9.95. The number of halogens is 6. The van der Waals surface area contributed by atoms with Gasteiger partial charge in [-0.2, -0.15) is 0 Å². The van der Waals surface area contributed by atoms with Gasteiger partial charge in [-0.25, -0.2) is 13.2 Å². The minimum Gasteiger partial charge on any atom is -0.497 e. The highest BCUT2D eigenvalue weighted by atomic mass is 35.5. The van der Waals surface area contributed by atoms with Crippen LogP contribution < -0.4 is 20.1 Å². The van der Waals surface area contributed by atoms with Crippen LogP contribution in [-0.4, -0.2) is 43.0 Å². The number of carbonyl (C=O) groups is 3. The van der Waals surface area contributed by atoms with Crippen molar-refractivity contribution < 1.29 is 37.0 Å². The summed E-state index contributed by atoms with van der Waals surface area (Å²) < 4.78 is 53.3. The lowest BCUT2D eigenvalue weighted by molar-refractivity contribution is -0.152. The van der Waals surface area contributed by atoms with Crippen LogP contribution >= 0.6 is 34.8 Å². The molecule has 236 valence electrons. The minimum atomic E-state index is -3.68. The number of ether oxygens (including phenoxy) is 2. The van der Waals surface area contributed by atoms with Gasteiger partial charge in [0, 0.05) is 17.4 Å². The van der Waals surface area contributed by atoms with Crippen LogP contribution in [-0.2, 0) is 20.8 Å². The highest BCUT2D eigenvalue weighted by Crippen LogP contribution is 2.31. The summed E-state index contributed by atoms with van der Waals surface area (Å²) >= 11 is 18.4. The summed E-state index contributed by atoms with van der Waals surface area (Å²) in [5, 5.41) is 5.15. The quantitative estimate of drug-likeness (QED) is 0.177. The Hall–Kier alpha value is -3.47. The van der Waals surface area contributed by atoms with Crippen LogP contribution in [0.25, 0.3) is 0 Å². The van der Waals surface area contributed by atoms with E-state index in [0.29, 0.717) is 27.6 Å². The highest BCUT2D eigenvalue weighted by molar-refractivity contribution is 6.42. The van der Waals surface area contributed by atoms with Gasteiger partial charge in [0.2, 0.25) is 17.6 Å². The molecule has 0 saturated heterocycles. The van der Waals surface area contributed by atoms with E-state index in [1.54, 1.807) is 53.8 Å². The fourth-order valence-electron chi connectivity index (χ4n) is 4.20. The molecule has 0 aromatic heterocycles. The average molecular weight is 674 g/mol. The van der Waals surface area contributed by atoms with Crippen molar-refractivity contribution in [3.05, 3.63) is 92.9 Å². The molecule has 3 aromatic rings. The Morgan fingerprint density at radius 2 is 1.57 bits per heavy atom. The topological polar surface area (TPSA) is 93.7 Å². The molecule has 44 heavy (non-hydrogen) atoms. The summed E-state index contributed by atoms with van der Waals surface area (Å²) in [6.07, 6.45) is -5.17. The number of Topliss-reactive ketones (excluding diaryl/α,β-unsaturated/α-hetero) is 1. The van der Waals surface area contributed by atoms with Gasteiger partial charge < -0.3 is 20.1 Å². The minimum absolute atomic E-state index is 0.202. The number of hydrogen-bond acceptors (Lipinski definition) is 5. The first kappa shape index (κ1) is 35.0. The van der Waals surface area contributed by atoms with Crippen molar-refractivity contribution in [3.8, 4) is 11.5 Å². The van der Waals surface area contributed by atoms with Crippen LogP contribution in [0.15, 0.2) is 66.7 Å². The van der Waals surface area contributed by atoms with Gasteiger partial charge in [0.1, 0.15) is 23.6 Å². The predicted molar refractivity (Wildman–Crippen MR) is 162 cm³/mol. The van der Waals surface area contributed by atoms with Crippen molar-refractivity contribution in [2.45, 2.75) is 51.1 Å². The number of ketones is 1. The maximum atomic E-state index is 15.6. The third-order valence-electron chi connectivity index (χ3n) is 6.66. The molecule has 7 nitrogen and oxygen atoms in total. The molecule has 2 N–H and O–H groups in total. The van der Waals surface area contributed by atoms with E-state index in [4.69, 9.17) is 44.3 Å². The Morgan fingerprint density at radius 1 is 0.909 bits per heavy atom. The molecule has 0 bridgehead atoms. The van der Waals surface area contributed by atoms with Gasteiger partial charge in [0.15, 0.2) is 0 Å². The second-order valence-electron chi connectivity index (χ2n) is 10.1. The Bertz CT molecular complexity index is 1480. The molecule has 2 amide bonds. The summed E-state index contributed by atoms with van der Waals surface area (Å²) in [5.74, 6) is -7.77. The van der Waals surface area contributed by atoms with E-state index in [-0.39, 0.29) is 22.9 Å². The van der Waals surface area contributed by atoms with Gasteiger partial charge in [0.25, 0.3) is 5.78 Å². The number of hydrogen-bond donors (Lipinski definition) is 2. The first-order chi connectivity index (χ1) is 20.7. The molecule has 3 rings (SSSR count). The highest BCUT2D eigenvalue weighted by Gasteiger charge is 2.48. The molecule has 3 aromatic carbocycles. The summed E-state index contributed by atoms with van der Waals surface area (Å²) in [7, 11) is 1.51. The molecule has 0 fully saturated rings. The van der Waals surface area contributed by atoms with E-state index in [1.165, 1.54) is 39.2 Å². The third kappa shape index (κ3) is 9.27. The van der Waals surface area contributed by atoms with Crippen molar-refractivity contribution in [3.63, 3.8) is 0 Å². The van der Waals surface area contributed by atoms with Gasteiger partial charge in [-0.3, -0.25) is 14.4 Å². The van der Waals surface area contributed by atoms with Gasteiger partial charge in [-0.05, 0) is 59.7 Å². The zero-order chi connectivity index (χ0) is 32.6. The summed E-state index contributed by atoms with van der Waals surface area (Å²) in [4.78, 5) is 38.8. The van der Waals surface area contributed by atoms with E-state index >= 15 is 4.39 Å². The lowest BCUT2D eigenvalue weighted by Crippen LogP contribution is -2.61. The fourth-order valence-corrected chi connectivity index (χ4v) is 4.72. The van der Waals surface area contributed by atoms with Crippen LogP contribution in [0.5, 0.6) is 11.5 Å². The second kappa shape index (κ2) is 15.5. The zero-order valence-corrected chi connectivity index (χ0v) is 26.2. The van der Waals surface area contributed by atoms with Gasteiger partial charge in [-0.1, -0.05) is 66.8 Å². The van der Waals surface area contributed by atoms with Crippen molar-refractivity contribution in [2.24, 2.45) is 5.92 Å². The number of rotatable bonds is 14. The van der Waals surface area contributed by atoms with Crippen molar-refractivity contribution in [1.82, 2.24) is 10.6 Å². The molecule has 13 heteroatoms. The number of nitrogens with one attached hydrogen (secondary N) is 2. The van der Waals surface area contributed by atoms with Gasteiger partial charge in [0.05, 0.1) is 23.6 Å². The Morgan fingerprint density at radius 3 is 2.14 bits per heavy atom. The molecule has 0 aliphatic rings. The van der Waals surface area contributed by atoms with Crippen molar-refractivity contribution >= 4 is 52.4 Å². The Balaban J connectivity index is 1.91. The number of alkyl halides is 3. The number of amides is 2. The fraction of sp³-hybridized carbons (Fsp3) is 0.323. The van der Waals surface area contributed by atoms with Crippen LogP contribution in [0.1, 0.15) is 37.5 Å². The van der Waals surface area contributed by atoms with Crippen molar-refractivity contribution in [1.29, 1.82) is 0 Å². The first-order valence-electron chi connectivity index (χ1n) is 13.4. The standard InChI is InChI=1S/C31H30Cl3F3N2O5/c1-17(2)31(37,28(41)29(35)36)39-30(42)25(14-18-5-4-6-20(32)13-18)38-27(40)16-26(19-7-12-23(33)24(34)15-19)44-22-10-8-21(43-3)9-11-22/h4-13,15,17,25-26,29H,14,16H2,1-3H3,(H,38,40)(H,39,42)/t25-,26?,31+/m0/s1. The molecule has 0 saturated carbocycles. The van der Waals surface area contributed by atoms with E-state index in [9.17, 15) is 23.2 Å². The number of methoxy groups -OCH3 is 1. The van der Waals surface area contributed by atoms with E-state index < -0.39 is 47.9 Å². The summed E-state index contributed by atoms with van der Waals surface area (Å²) in [5.41, 5.74) is 0.953. The molecule has 1 unspecified atom stereocenters. The molecular formula is C31H30Cl3F3N2O5. The van der Waals surface area contributed by atoms with E-state index in [1.807, 2.05) is 0 Å². The molecular weight excluding hydrogens is 644 g/mol. The van der Waals surface area contributed by atoms with Crippen LogP contribution in [0.2, 0.25) is 15.1 Å². The summed E-state index contributed by atoms with van der Waals surface area (Å²) in [6.45, 7) is 2.34. The number of benzene rings is 3. The SMILES string of the molecule is COc1ccc(OC(CC(=O)N[C@@H](Cc2cccc(Cl)c2)C(=O)N[C@@](F)(C(=O)C(F)F)C(C)C)c2ccc(Cl)c(Cl)c2)cc1. The largest absolute Gasteiger partial charge is 0.497 e. The Kier molecular flexibility index (Phi) is 12.3. The molecule has 0 aliphatic heterocycles.